The highest BCUT2D eigenvalue weighted by Crippen LogP contribution is 2.22. The van der Waals surface area contributed by atoms with Gasteiger partial charge in [0.2, 0.25) is 5.91 Å². The van der Waals surface area contributed by atoms with Gasteiger partial charge in [-0.05, 0) is 18.9 Å². The number of halogens is 1. The topological polar surface area (TPSA) is 98.3 Å². The van der Waals surface area contributed by atoms with Gasteiger partial charge in [0.25, 0.3) is 5.69 Å². The first-order valence-electron chi connectivity index (χ1n) is 5.64. The van der Waals surface area contributed by atoms with Crippen LogP contribution in [0, 0.1) is 23.0 Å². The highest BCUT2D eigenvalue weighted by atomic mass is 35.5. The number of aryl methyl sites for hydroxylation is 1. The molecule has 1 amide bonds. The maximum absolute atomic E-state index is 11.7. The third kappa shape index (κ3) is 4.50. The third-order valence-electron chi connectivity index (χ3n) is 2.69. The van der Waals surface area contributed by atoms with E-state index in [1.54, 1.807) is 19.1 Å². The molecule has 0 heterocycles. The highest BCUT2D eigenvalue weighted by molar-refractivity contribution is 5.95. The van der Waals surface area contributed by atoms with Gasteiger partial charge in [-0.3, -0.25) is 14.9 Å². The fourth-order valence-electron chi connectivity index (χ4n) is 1.41. The molecule has 1 atom stereocenters. The molecule has 0 aliphatic carbocycles. The number of hydrogen-bond donors (Lipinski definition) is 2. The predicted octanol–water partition coefficient (Wildman–Crippen LogP) is 2.25. The number of nitrogens with zero attached hydrogens (tertiary/aromatic N) is 1. The number of anilines is 1. The second kappa shape index (κ2) is 7.06. The van der Waals surface area contributed by atoms with Gasteiger partial charge in [0.05, 0.1) is 11.0 Å². The molecule has 6 nitrogen and oxygen atoms in total. The number of carbonyl (C=O) groups is 1. The molecule has 0 aromatic heterocycles. The molecule has 0 aliphatic heterocycles. The van der Waals surface area contributed by atoms with E-state index < -0.39 is 11.0 Å². The summed E-state index contributed by atoms with van der Waals surface area (Å²) in [6.07, 6.45) is 0. The highest BCUT2D eigenvalue weighted by Gasteiger charge is 2.18. The molecule has 7 heteroatoms. The second-order valence-electron chi connectivity index (χ2n) is 4.52. The third-order valence-corrected chi connectivity index (χ3v) is 2.69. The van der Waals surface area contributed by atoms with Crippen LogP contribution in [0.1, 0.15) is 19.4 Å². The van der Waals surface area contributed by atoms with Crippen molar-refractivity contribution in [1.29, 1.82) is 0 Å². The minimum absolute atomic E-state index is 0. The molecule has 0 radical (unpaired) electrons. The van der Waals surface area contributed by atoms with E-state index in [2.05, 4.69) is 5.32 Å². The molecule has 0 aliphatic rings. The van der Waals surface area contributed by atoms with Gasteiger partial charge in [-0.25, -0.2) is 0 Å². The maximum atomic E-state index is 11.7. The Morgan fingerprint density at radius 2 is 2.00 bits per heavy atom. The van der Waals surface area contributed by atoms with E-state index in [0.29, 0.717) is 11.3 Å². The quantitative estimate of drug-likeness (QED) is 0.655. The summed E-state index contributed by atoms with van der Waals surface area (Å²) in [5.74, 6) is -0.339. The normalized spacial score (nSPS) is 11.6. The lowest BCUT2D eigenvalue weighted by molar-refractivity contribution is -0.385. The van der Waals surface area contributed by atoms with Crippen LogP contribution in [-0.4, -0.2) is 16.9 Å². The van der Waals surface area contributed by atoms with Crippen LogP contribution in [0.15, 0.2) is 18.2 Å². The van der Waals surface area contributed by atoms with Gasteiger partial charge in [0.1, 0.15) is 0 Å². The van der Waals surface area contributed by atoms with Gasteiger partial charge in [-0.2, -0.15) is 0 Å². The Labute approximate surface area is 117 Å². The Hall–Kier alpha value is -1.66. The van der Waals surface area contributed by atoms with E-state index in [1.165, 1.54) is 6.07 Å². The van der Waals surface area contributed by atoms with Crippen molar-refractivity contribution in [2.45, 2.75) is 26.8 Å². The van der Waals surface area contributed by atoms with Crippen LogP contribution < -0.4 is 11.1 Å². The summed E-state index contributed by atoms with van der Waals surface area (Å²) < 4.78 is 0. The summed E-state index contributed by atoms with van der Waals surface area (Å²) in [5.41, 5.74) is 6.60. The molecule has 0 saturated carbocycles. The van der Waals surface area contributed by atoms with E-state index in [0.717, 1.165) is 0 Å². The minimum Gasteiger partial charge on any atom is -0.324 e. The van der Waals surface area contributed by atoms with Crippen LogP contribution in [0.4, 0.5) is 11.4 Å². The second-order valence-corrected chi connectivity index (χ2v) is 4.52. The molecule has 0 spiro atoms. The Morgan fingerprint density at radius 1 is 1.42 bits per heavy atom. The van der Waals surface area contributed by atoms with Crippen LogP contribution in [0.5, 0.6) is 0 Å². The van der Waals surface area contributed by atoms with Crippen LogP contribution in [0.25, 0.3) is 0 Å². The Morgan fingerprint density at radius 3 is 2.47 bits per heavy atom. The van der Waals surface area contributed by atoms with E-state index in [4.69, 9.17) is 5.73 Å². The van der Waals surface area contributed by atoms with Crippen molar-refractivity contribution < 1.29 is 9.72 Å². The molecule has 0 fully saturated rings. The molecule has 1 aromatic carbocycles. The zero-order chi connectivity index (χ0) is 13.9. The van der Waals surface area contributed by atoms with Crippen molar-refractivity contribution in [2.75, 3.05) is 5.32 Å². The number of nitro benzene ring substituents is 1. The van der Waals surface area contributed by atoms with Gasteiger partial charge in [0, 0.05) is 17.3 Å². The predicted molar refractivity (Wildman–Crippen MR) is 76.5 cm³/mol. The van der Waals surface area contributed by atoms with Crippen LogP contribution >= 0.6 is 12.4 Å². The molecule has 0 saturated heterocycles. The molecule has 3 N–H and O–H groups in total. The van der Waals surface area contributed by atoms with Crippen LogP contribution in [0.2, 0.25) is 0 Å². The molecule has 106 valence electrons. The zero-order valence-electron chi connectivity index (χ0n) is 11.0. The molecular weight excluding hydrogens is 270 g/mol. The Kier molecular flexibility index (Phi) is 6.44. The van der Waals surface area contributed by atoms with Crippen molar-refractivity contribution in [3.63, 3.8) is 0 Å². The number of benzene rings is 1. The van der Waals surface area contributed by atoms with E-state index in [9.17, 15) is 14.9 Å². The molecule has 1 rings (SSSR count). The fourth-order valence-corrected chi connectivity index (χ4v) is 1.41. The Balaban J connectivity index is 0.00000324. The van der Waals surface area contributed by atoms with Crippen molar-refractivity contribution in [2.24, 2.45) is 11.7 Å². The molecule has 1 unspecified atom stereocenters. The number of nitrogens with two attached hydrogens (primary N) is 1. The first-order chi connectivity index (χ1) is 8.32. The largest absolute Gasteiger partial charge is 0.324 e. The summed E-state index contributed by atoms with van der Waals surface area (Å²) in [6, 6.07) is 3.91. The van der Waals surface area contributed by atoms with Gasteiger partial charge in [-0.15, -0.1) is 12.4 Å². The van der Waals surface area contributed by atoms with Gasteiger partial charge in [-0.1, -0.05) is 19.9 Å². The number of nitrogens with one attached hydrogen (secondary N) is 1. The van der Waals surface area contributed by atoms with Gasteiger partial charge >= 0.3 is 0 Å². The first kappa shape index (κ1) is 17.3. The van der Waals surface area contributed by atoms with Crippen LogP contribution in [-0.2, 0) is 4.79 Å². The number of hydrogen-bond acceptors (Lipinski definition) is 4. The summed E-state index contributed by atoms with van der Waals surface area (Å²) >= 11 is 0. The van der Waals surface area contributed by atoms with Crippen molar-refractivity contribution in [3.8, 4) is 0 Å². The molecule has 1 aromatic rings. The van der Waals surface area contributed by atoms with Gasteiger partial charge in [0.15, 0.2) is 0 Å². The zero-order valence-corrected chi connectivity index (χ0v) is 11.9. The maximum Gasteiger partial charge on any atom is 0.274 e. The van der Waals surface area contributed by atoms with E-state index in [-0.39, 0.29) is 29.9 Å². The number of amides is 1. The standard InChI is InChI=1S/C12H17N3O3.ClH/c1-7(2)11(13)12(16)14-9-5-4-8(3)10(6-9)15(17)18;/h4-7,11H,13H2,1-3H3,(H,14,16);1H. The molecule has 0 bridgehead atoms. The monoisotopic (exact) mass is 287 g/mol. The fraction of sp³-hybridized carbons (Fsp3) is 0.417. The average Bonchev–Trinajstić information content (AvgIpc) is 2.29. The molecule has 19 heavy (non-hydrogen) atoms. The summed E-state index contributed by atoms with van der Waals surface area (Å²) in [5, 5.41) is 13.3. The average molecular weight is 288 g/mol. The van der Waals surface area contributed by atoms with E-state index >= 15 is 0 Å². The lowest BCUT2D eigenvalue weighted by Crippen LogP contribution is -2.39. The number of nitro groups is 1. The SMILES string of the molecule is Cc1ccc(NC(=O)C(N)C(C)C)cc1[N+](=O)[O-].Cl. The van der Waals surface area contributed by atoms with E-state index in [1.807, 2.05) is 13.8 Å². The smallest absolute Gasteiger partial charge is 0.274 e. The van der Waals surface area contributed by atoms with Crippen molar-refractivity contribution in [1.82, 2.24) is 0 Å². The number of carbonyl (C=O) groups excluding carboxylic acids is 1. The van der Waals surface area contributed by atoms with Crippen LogP contribution in [0.3, 0.4) is 0 Å². The van der Waals surface area contributed by atoms with Crippen molar-refractivity contribution in [3.05, 3.63) is 33.9 Å². The summed E-state index contributed by atoms with van der Waals surface area (Å²) in [7, 11) is 0. The Bertz CT molecular complexity index is 477. The number of rotatable bonds is 4. The van der Waals surface area contributed by atoms with Crippen molar-refractivity contribution >= 4 is 29.7 Å². The lowest BCUT2D eigenvalue weighted by Gasteiger charge is -2.15. The van der Waals surface area contributed by atoms with Gasteiger partial charge < -0.3 is 11.1 Å². The summed E-state index contributed by atoms with van der Waals surface area (Å²) in [4.78, 5) is 22.0. The molecular formula is C12H18ClN3O3. The minimum atomic E-state index is -0.634. The summed E-state index contributed by atoms with van der Waals surface area (Å²) in [6.45, 7) is 5.31. The first-order valence-corrected chi connectivity index (χ1v) is 5.64. The lowest BCUT2D eigenvalue weighted by atomic mass is 10.0.